The van der Waals surface area contributed by atoms with Crippen LogP contribution in [0, 0.1) is 10.1 Å². The van der Waals surface area contributed by atoms with E-state index in [1.165, 1.54) is 88.8 Å². The number of quaternary nitrogens is 1. The highest BCUT2D eigenvalue weighted by molar-refractivity contribution is 7.46. The summed E-state index contributed by atoms with van der Waals surface area (Å²) >= 11 is 0. The van der Waals surface area contributed by atoms with Crippen LogP contribution in [0.1, 0.15) is 96.8 Å². The van der Waals surface area contributed by atoms with Gasteiger partial charge in [-0.2, -0.15) is 0 Å². The molecule has 1 rings (SSSR count). The van der Waals surface area contributed by atoms with Crippen molar-refractivity contribution in [3.63, 3.8) is 0 Å². The molecule has 0 aromatic heterocycles. The van der Waals surface area contributed by atoms with Gasteiger partial charge in [0.1, 0.15) is 13.2 Å². The molecule has 0 aliphatic carbocycles. The monoisotopic (exact) mass is 543 g/mol. The van der Waals surface area contributed by atoms with Crippen molar-refractivity contribution in [1.29, 1.82) is 0 Å². The smallest absolute Gasteiger partial charge is 0.320 e. The maximum absolute atomic E-state index is 12.3. The lowest BCUT2D eigenvalue weighted by Gasteiger charge is -2.28. The molecule has 214 valence electrons. The number of anilines is 1. The number of nitrogens with one attached hydrogen (secondary N) is 1. The van der Waals surface area contributed by atoms with Crippen LogP contribution in [0.5, 0.6) is 5.75 Å². The van der Waals surface area contributed by atoms with Crippen LogP contribution < -0.4 is 14.7 Å². The van der Waals surface area contributed by atoms with Crippen LogP contribution in [0.3, 0.4) is 0 Å². The third kappa shape index (κ3) is 17.5. The van der Waals surface area contributed by atoms with Gasteiger partial charge in [-0.05, 0) is 12.5 Å². The number of hydrogen-bond donors (Lipinski definition) is 1. The minimum atomic E-state index is -4.61. The Hall–Kier alpha value is -1.67. The molecule has 37 heavy (non-hydrogen) atoms. The van der Waals surface area contributed by atoms with E-state index in [2.05, 4.69) is 12.2 Å². The standard InChI is InChI=1S/C27H50N3O6P/c1-5-6-7-8-9-10-11-12-13-14-15-16-17-18-21-28-26-24-25(29(31)32)19-20-27(26)36-37(33,34)35-23-22-30(2,3)4/h19-20,24,28H,5-18,21-23H2,1-4H3. The first-order valence-corrected chi connectivity index (χ1v) is 15.5. The number of rotatable bonds is 23. The predicted molar refractivity (Wildman–Crippen MR) is 149 cm³/mol. The van der Waals surface area contributed by atoms with Crippen LogP contribution in [0.25, 0.3) is 0 Å². The SMILES string of the molecule is CCCCCCCCCCCCCCCCNc1cc([N+](=O)[O-])ccc1OP(=O)([O-])OCC[N+](C)(C)C. The number of likely N-dealkylation sites (N-methyl/N-ethyl adjacent to an activating group) is 1. The van der Waals surface area contributed by atoms with E-state index in [1.54, 1.807) is 0 Å². The van der Waals surface area contributed by atoms with Crippen molar-refractivity contribution in [2.75, 3.05) is 46.2 Å². The molecular formula is C27H50N3O6P. The summed E-state index contributed by atoms with van der Waals surface area (Å²) in [5.41, 5.74) is 0.137. The summed E-state index contributed by atoms with van der Waals surface area (Å²) in [5, 5.41) is 14.3. The number of nitro groups is 1. The minimum Gasteiger partial charge on any atom is -0.746 e. The molecule has 1 N–H and O–H groups in total. The number of phosphoric acid groups is 1. The van der Waals surface area contributed by atoms with E-state index >= 15 is 0 Å². The molecule has 9 nitrogen and oxygen atoms in total. The summed E-state index contributed by atoms with van der Waals surface area (Å²) in [5.74, 6) is -0.000421. The third-order valence-corrected chi connectivity index (χ3v) is 7.16. The zero-order valence-corrected chi connectivity index (χ0v) is 24.4. The van der Waals surface area contributed by atoms with Gasteiger partial charge in [-0.3, -0.25) is 14.7 Å². The van der Waals surface area contributed by atoms with E-state index in [0.717, 1.165) is 19.3 Å². The summed E-state index contributed by atoms with van der Waals surface area (Å²) in [7, 11) is 1.17. The van der Waals surface area contributed by atoms with Crippen molar-refractivity contribution in [3.8, 4) is 5.75 Å². The highest BCUT2D eigenvalue weighted by Crippen LogP contribution is 2.43. The van der Waals surface area contributed by atoms with Gasteiger partial charge in [-0.25, -0.2) is 0 Å². The number of benzene rings is 1. The molecule has 0 aliphatic rings. The number of phosphoric ester groups is 1. The van der Waals surface area contributed by atoms with E-state index in [0.29, 0.717) is 17.6 Å². The Morgan fingerprint density at radius 3 is 1.89 bits per heavy atom. The van der Waals surface area contributed by atoms with Crippen LogP contribution in [-0.4, -0.2) is 50.2 Å². The summed E-state index contributed by atoms with van der Waals surface area (Å²) < 4.78 is 22.9. The molecule has 0 saturated carbocycles. The van der Waals surface area contributed by atoms with Gasteiger partial charge < -0.3 is 23.7 Å². The zero-order valence-electron chi connectivity index (χ0n) is 23.5. The van der Waals surface area contributed by atoms with Gasteiger partial charge in [0.25, 0.3) is 5.69 Å². The van der Waals surface area contributed by atoms with Crippen LogP contribution in [0.15, 0.2) is 18.2 Å². The zero-order chi connectivity index (χ0) is 27.6. The van der Waals surface area contributed by atoms with Crippen LogP contribution in [0.2, 0.25) is 0 Å². The number of unbranched alkanes of at least 4 members (excludes halogenated alkanes) is 13. The number of hydrogen-bond acceptors (Lipinski definition) is 7. The van der Waals surface area contributed by atoms with Crippen LogP contribution >= 0.6 is 7.82 Å². The number of nitro benzene ring substituents is 1. The molecule has 0 amide bonds. The summed E-state index contributed by atoms with van der Waals surface area (Å²) in [6.45, 7) is 3.29. The van der Waals surface area contributed by atoms with Crippen LogP contribution in [-0.2, 0) is 9.09 Å². The second kappa shape index (κ2) is 18.6. The normalized spacial score (nSPS) is 13.3. The molecule has 1 unspecified atom stereocenters. The summed E-state index contributed by atoms with van der Waals surface area (Å²) in [6.07, 6.45) is 17.7. The largest absolute Gasteiger partial charge is 0.746 e. The van der Waals surface area contributed by atoms with Crippen molar-refractivity contribution < 1.29 is 27.9 Å². The molecule has 0 fully saturated rings. The van der Waals surface area contributed by atoms with Crippen molar-refractivity contribution >= 4 is 19.2 Å². The molecule has 0 radical (unpaired) electrons. The molecule has 0 saturated heterocycles. The molecule has 10 heteroatoms. The Labute approximate surface area is 224 Å². The van der Waals surface area contributed by atoms with Gasteiger partial charge in [0, 0.05) is 18.7 Å². The second-order valence-corrected chi connectivity index (χ2v) is 12.2. The molecule has 0 spiro atoms. The number of nitrogens with zero attached hydrogens (tertiary/aromatic N) is 2. The van der Waals surface area contributed by atoms with Crippen molar-refractivity contribution in [3.05, 3.63) is 28.3 Å². The van der Waals surface area contributed by atoms with Crippen LogP contribution in [0.4, 0.5) is 11.4 Å². The van der Waals surface area contributed by atoms with E-state index in [1.807, 2.05) is 21.1 Å². The highest BCUT2D eigenvalue weighted by atomic mass is 31.2. The summed E-state index contributed by atoms with van der Waals surface area (Å²) in [6, 6.07) is 3.81. The Morgan fingerprint density at radius 2 is 1.41 bits per heavy atom. The maximum atomic E-state index is 12.3. The first-order chi connectivity index (χ1) is 17.5. The lowest BCUT2D eigenvalue weighted by molar-refractivity contribution is -0.870. The Kier molecular flexibility index (Phi) is 16.7. The molecule has 0 aliphatic heterocycles. The molecule has 1 atom stereocenters. The minimum absolute atomic E-state index is 0.000421. The van der Waals surface area contributed by atoms with Crippen molar-refractivity contribution in [1.82, 2.24) is 0 Å². The van der Waals surface area contributed by atoms with E-state index in [-0.39, 0.29) is 23.7 Å². The Balaban J connectivity index is 2.34. The first-order valence-electron chi connectivity index (χ1n) is 14.0. The molecule has 0 bridgehead atoms. The quantitative estimate of drug-likeness (QED) is 0.0517. The fraction of sp³-hybridized carbons (Fsp3) is 0.778. The lowest BCUT2D eigenvalue weighted by atomic mass is 10.0. The fourth-order valence-corrected chi connectivity index (χ4v) is 4.72. The average molecular weight is 544 g/mol. The fourth-order valence-electron chi connectivity index (χ4n) is 3.97. The van der Waals surface area contributed by atoms with Gasteiger partial charge in [0.2, 0.25) is 0 Å². The van der Waals surface area contributed by atoms with Gasteiger partial charge in [0.15, 0.2) is 5.75 Å². The maximum Gasteiger partial charge on any atom is 0.320 e. The number of non-ortho nitro benzene ring substituents is 1. The molecule has 0 heterocycles. The van der Waals surface area contributed by atoms with Crippen molar-refractivity contribution in [2.24, 2.45) is 0 Å². The van der Waals surface area contributed by atoms with E-state index in [4.69, 9.17) is 9.05 Å². The van der Waals surface area contributed by atoms with Gasteiger partial charge >= 0.3 is 7.82 Å². The van der Waals surface area contributed by atoms with Gasteiger partial charge in [0.05, 0.1) is 31.8 Å². The van der Waals surface area contributed by atoms with Gasteiger partial charge in [-0.15, -0.1) is 0 Å². The predicted octanol–water partition coefficient (Wildman–Crippen LogP) is 7.06. The highest BCUT2D eigenvalue weighted by Gasteiger charge is 2.19. The third-order valence-electron chi connectivity index (χ3n) is 6.24. The second-order valence-electron chi connectivity index (χ2n) is 10.8. The molecule has 1 aromatic carbocycles. The topological polar surface area (TPSA) is 114 Å². The molecular weight excluding hydrogens is 493 g/mol. The Bertz CT molecular complexity index is 816. The Morgan fingerprint density at radius 1 is 0.892 bits per heavy atom. The summed E-state index contributed by atoms with van der Waals surface area (Å²) in [4.78, 5) is 23.0. The average Bonchev–Trinajstić information content (AvgIpc) is 2.81. The lowest BCUT2D eigenvalue weighted by Crippen LogP contribution is -2.37. The van der Waals surface area contributed by atoms with Gasteiger partial charge in [-0.1, -0.05) is 90.4 Å². The molecule has 1 aromatic rings. The van der Waals surface area contributed by atoms with E-state index in [9.17, 15) is 19.6 Å². The van der Waals surface area contributed by atoms with Crippen molar-refractivity contribution in [2.45, 2.75) is 96.8 Å². The van der Waals surface area contributed by atoms with E-state index < -0.39 is 12.7 Å². The first kappa shape index (κ1) is 33.4.